The summed E-state index contributed by atoms with van der Waals surface area (Å²) < 4.78 is 16.1. The van der Waals surface area contributed by atoms with E-state index in [0.29, 0.717) is 40.0 Å². The topological polar surface area (TPSA) is 106 Å². The van der Waals surface area contributed by atoms with Gasteiger partial charge in [0.05, 0.1) is 10.6 Å². The van der Waals surface area contributed by atoms with Gasteiger partial charge in [-0.1, -0.05) is 23.7 Å². The van der Waals surface area contributed by atoms with Crippen molar-refractivity contribution < 1.29 is 28.9 Å². The minimum atomic E-state index is -0.940. The molecule has 0 fully saturated rings. The Kier molecular flexibility index (Phi) is 8.90. The van der Waals surface area contributed by atoms with E-state index in [2.05, 4.69) is 10.6 Å². The van der Waals surface area contributed by atoms with Crippen molar-refractivity contribution in [3.05, 3.63) is 53.1 Å². The van der Waals surface area contributed by atoms with Crippen LogP contribution in [0.25, 0.3) is 0 Å². The van der Waals surface area contributed by atoms with Crippen molar-refractivity contribution in [1.82, 2.24) is 10.6 Å². The normalized spacial score (nSPS) is 13.8. The first-order valence-corrected chi connectivity index (χ1v) is 11.8. The first-order chi connectivity index (χ1) is 15.5. The van der Waals surface area contributed by atoms with Crippen LogP contribution in [0.3, 0.4) is 0 Å². The van der Waals surface area contributed by atoms with Crippen molar-refractivity contribution in [3.8, 4) is 17.2 Å². The highest BCUT2D eigenvalue weighted by Crippen LogP contribution is 2.35. The van der Waals surface area contributed by atoms with Crippen LogP contribution in [0, 0.1) is 0 Å². The van der Waals surface area contributed by atoms with E-state index >= 15 is 0 Å². The maximum atomic E-state index is 12.7. The van der Waals surface area contributed by atoms with Gasteiger partial charge in [0, 0.05) is 12.6 Å². The lowest BCUT2D eigenvalue weighted by Crippen LogP contribution is -2.49. The number of aliphatic hydroxyl groups is 1. The number of rotatable bonds is 11. The average molecular weight is 481 g/mol. The molecule has 3 rings (SSSR count). The van der Waals surface area contributed by atoms with Crippen LogP contribution in [0.1, 0.15) is 16.8 Å². The van der Waals surface area contributed by atoms with E-state index in [-0.39, 0.29) is 25.9 Å². The predicted octanol–water partition coefficient (Wildman–Crippen LogP) is 2.48. The Hall–Kier alpha value is -2.62. The summed E-state index contributed by atoms with van der Waals surface area (Å²) in [5.74, 6) is 1.60. The summed E-state index contributed by atoms with van der Waals surface area (Å²) in [4.78, 5) is 25.2. The predicted molar refractivity (Wildman–Crippen MR) is 123 cm³/mol. The SMILES string of the molecule is CSCCC(NC(=O)c1ccccc1Cl)C(=O)NCC(O)COc1ccc2c(c1)OCO2. The molecule has 1 aliphatic heterocycles. The number of ether oxygens (including phenoxy) is 3. The third-order valence-corrected chi connectivity index (χ3v) is 5.62. The fourth-order valence-electron chi connectivity index (χ4n) is 2.95. The maximum Gasteiger partial charge on any atom is 0.253 e. The molecule has 32 heavy (non-hydrogen) atoms. The summed E-state index contributed by atoms with van der Waals surface area (Å²) in [6.45, 7) is 0.112. The molecule has 2 unspecified atom stereocenters. The van der Waals surface area contributed by atoms with Crippen LogP contribution in [0.4, 0.5) is 0 Å². The number of carbonyl (C=O) groups excluding carboxylic acids is 2. The molecule has 2 aromatic carbocycles. The molecule has 0 saturated heterocycles. The van der Waals surface area contributed by atoms with Crippen LogP contribution in [0.15, 0.2) is 42.5 Å². The zero-order chi connectivity index (χ0) is 22.9. The van der Waals surface area contributed by atoms with E-state index in [0.717, 1.165) is 0 Å². The number of halogens is 1. The first-order valence-electron chi connectivity index (χ1n) is 10.0. The van der Waals surface area contributed by atoms with Gasteiger partial charge in [-0.05, 0) is 42.7 Å². The number of aliphatic hydroxyl groups excluding tert-OH is 1. The molecule has 1 heterocycles. The number of hydrogen-bond acceptors (Lipinski definition) is 7. The molecule has 0 bridgehead atoms. The largest absolute Gasteiger partial charge is 0.491 e. The quantitative estimate of drug-likeness (QED) is 0.453. The van der Waals surface area contributed by atoms with Gasteiger partial charge in [0.1, 0.15) is 24.5 Å². The van der Waals surface area contributed by atoms with E-state index < -0.39 is 18.1 Å². The Morgan fingerprint density at radius 2 is 2.00 bits per heavy atom. The van der Waals surface area contributed by atoms with Gasteiger partial charge >= 0.3 is 0 Å². The van der Waals surface area contributed by atoms with Gasteiger partial charge in [0.25, 0.3) is 5.91 Å². The second-order valence-corrected chi connectivity index (χ2v) is 8.41. The summed E-state index contributed by atoms with van der Waals surface area (Å²) in [5, 5.41) is 15.9. The van der Waals surface area contributed by atoms with E-state index in [1.807, 2.05) is 6.26 Å². The third-order valence-electron chi connectivity index (χ3n) is 4.65. The second-order valence-electron chi connectivity index (χ2n) is 7.01. The Morgan fingerprint density at radius 1 is 1.22 bits per heavy atom. The van der Waals surface area contributed by atoms with Crippen molar-refractivity contribution in [2.24, 2.45) is 0 Å². The molecule has 0 aliphatic carbocycles. The monoisotopic (exact) mass is 480 g/mol. The van der Waals surface area contributed by atoms with Crippen LogP contribution in [0.2, 0.25) is 5.02 Å². The van der Waals surface area contributed by atoms with Crippen LogP contribution >= 0.6 is 23.4 Å². The molecular formula is C22H25ClN2O6S. The molecule has 2 atom stereocenters. The lowest BCUT2D eigenvalue weighted by molar-refractivity contribution is -0.123. The zero-order valence-corrected chi connectivity index (χ0v) is 19.1. The van der Waals surface area contributed by atoms with Crippen molar-refractivity contribution in [2.45, 2.75) is 18.6 Å². The summed E-state index contributed by atoms with van der Waals surface area (Å²) in [6.07, 6.45) is 1.42. The highest BCUT2D eigenvalue weighted by molar-refractivity contribution is 7.98. The summed E-state index contributed by atoms with van der Waals surface area (Å²) >= 11 is 7.64. The molecule has 2 amide bonds. The fourth-order valence-corrected chi connectivity index (χ4v) is 3.64. The lowest BCUT2D eigenvalue weighted by atomic mass is 10.1. The van der Waals surface area contributed by atoms with Gasteiger partial charge in [0.2, 0.25) is 12.7 Å². The summed E-state index contributed by atoms with van der Waals surface area (Å²) in [6, 6.07) is 11.0. The Labute approximate surface area is 195 Å². The number of thioether (sulfide) groups is 1. The van der Waals surface area contributed by atoms with Crippen molar-refractivity contribution in [3.63, 3.8) is 0 Å². The molecule has 10 heteroatoms. The number of nitrogens with one attached hydrogen (secondary N) is 2. The minimum Gasteiger partial charge on any atom is -0.491 e. The molecule has 1 aliphatic rings. The van der Waals surface area contributed by atoms with Crippen LogP contribution in [-0.4, -0.2) is 61.0 Å². The van der Waals surface area contributed by atoms with E-state index in [9.17, 15) is 14.7 Å². The van der Waals surface area contributed by atoms with E-state index in [1.54, 1.807) is 54.2 Å². The molecule has 172 valence electrons. The molecule has 8 nitrogen and oxygen atoms in total. The van der Waals surface area contributed by atoms with E-state index in [4.69, 9.17) is 25.8 Å². The Bertz CT molecular complexity index is 944. The highest BCUT2D eigenvalue weighted by Gasteiger charge is 2.23. The second kappa shape index (κ2) is 11.8. The maximum absolute atomic E-state index is 12.7. The van der Waals surface area contributed by atoms with Gasteiger partial charge in [0.15, 0.2) is 11.5 Å². The molecule has 0 radical (unpaired) electrons. The molecule has 2 aromatic rings. The molecule has 3 N–H and O–H groups in total. The smallest absolute Gasteiger partial charge is 0.253 e. The third kappa shape index (κ3) is 6.69. The van der Waals surface area contributed by atoms with Gasteiger partial charge in [-0.15, -0.1) is 0 Å². The van der Waals surface area contributed by atoms with Gasteiger partial charge in [-0.3, -0.25) is 9.59 Å². The standard InChI is InChI=1S/C22H25ClN2O6S/c1-32-9-8-18(25-21(27)16-4-2-3-5-17(16)23)22(28)24-11-14(26)12-29-15-6-7-19-20(10-15)31-13-30-19/h2-7,10,14,18,26H,8-9,11-13H2,1H3,(H,24,28)(H,25,27). The van der Waals surface area contributed by atoms with E-state index in [1.165, 1.54) is 0 Å². The van der Waals surface area contributed by atoms with Crippen molar-refractivity contribution >= 4 is 35.2 Å². The lowest BCUT2D eigenvalue weighted by Gasteiger charge is -2.20. The van der Waals surface area contributed by atoms with Crippen LogP contribution in [0.5, 0.6) is 17.2 Å². The number of carbonyl (C=O) groups is 2. The van der Waals surface area contributed by atoms with Gasteiger partial charge in [-0.2, -0.15) is 11.8 Å². The van der Waals surface area contributed by atoms with Crippen molar-refractivity contribution in [2.75, 3.05) is 32.0 Å². The van der Waals surface area contributed by atoms with Crippen LogP contribution < -0.4 is 24.8 Å². The zero-order valence-electron chi connectivity index (χ0n) is 17.5. The number of amides is 2. The first kappa shape index (κ1) is 24.0. The highest BCUT2D eigenvalue weighted by atomic mass is 35.5. The number of fused-ring (bicyclic) bond motifs is 1. The Balaban J connectivity index is 1.49. The summed E-state index contributed by atoms with van der Waals surface area (Å²) in [5.41, 5.74) is 0.299. The molecule has 0 aromatic heterocycles. The Morgan fingerprint density at radius 3 is 2.78 bits per heavy atom. The fraction of sp³-hybridized carbons (Fsp3) is 0.364. The minimum absolute atomic E-state index is 0.0264. The van der Waals surface area contributed by atoms with Crippen LogP contribution in [-0.2, 0) is 4.79 Å². The number of hydrogen-bond donors (Lipinski definition) is 3. The van der Waals surface area contributed by atoms with Gasteiger partial charge in [-0.25, -0.2) is 0 Å². The molecule has 0 saturated carbocycles. The summed E-state index contributed by atoms with van der Waals surface area (Å²) in [7, 11) is 0. The van der Waals surface area contributed by atoms with Crippen molar-refractivity contribution in [1.29, 1.82) is 0 Å². The van der Waals surface area contributed by atoms with Gasteiger partial charge < -0.3 is 30.0 Å². The number of benzene rings is 2. The molecular weight excluding hydrogens is 456 g/mol. The average Bonchev–Trinajstić information content (AvgIpc) is 3.27. The molecule has 0 spiro atoms.